The van der Waals surface area contributed by atoms with Gasteiger partial charge in [0.1, 0.15) is 17.8 Å². The van der Waals surface area contributed by atoms with Gasteiger partial charge in [-0.25, -0.2) is 9.78 Å². The number of thioether (sulfide) groups is 1. The van der Waals surface area contributed by atoms with Crippen LogP contribution in [0.2, 0.25) is 0 Å². The molecule has 0 aliphatic carbocycles. The molecule has 0 radical (unpaired) electrons. The van der Waals surface area contributed by atoms with Crippen molar-refractivity contribution in [1.82, 2.24) is 14.8 Å². The molecule has 0 fully saturated rings. The molecule has 0 saturated carbocycles. The van der Waals surface area contributed by atoms with Crippen molar-refractivity contribution in [3.63, 3.8) is 0 Å². The second-order valence-electron chi connectivity index (χ2n) is 14.6. The average molecular weight is 802 g/mol. The third kappa shape index (κ3) is 15.0. The molecule has 0 aliphatic heterocycles. The molecule has 0 atom stereocenters. The lowest BCUT2D eigenvalue weighted by Gasteiger charge is -2.24. The molecule has 11 nitrogen and oxygen atoms in total. The monoisotopic (exact) mass is 801 g/mol. The van der Waals surface area contributed by atoms with E-state index in [1.807, 2.05) is 6.07 Å². The van der Waals surface area contributed by atoms with Crippen LogP contribution in [0.1, 0.15) is 140 Å². The van der Waals surface area contributed by atoms with E-state index in [0.29, 0.717) is 46.2 Å². The highest BCUT2D eigenvalue weighted by Gasteiger charge is 2.23. The quantitative estimate of drug-likeness (QED) is 0.0343. The standard InChI is InChI=1S/C45H63N5O6S/c1-4-6-8-10-12-13-14-15-16-17-18-20-31-49(45(54)50-34-46-44(48-50)57-33-41(51)56-32-21-19-11-9-7-5-2)40-24-22-23-38-37(40)29-30-39(42(38)52)43(53)47-35-25-27-36(55-3)28-26-35/h22-30,34,52H,4-21,31-33H2,1-3H3,(H,47,53). The summed E-state index contributed by atoms with van der Waals surface area (Å²) in [6, 6.07) is 15.2. The fourth-order valence-corrected chi connectivity index (χ4v) is 7.41. The van der Waals surface area contributed by atoms with Gasteiger partial charge in [-0.05, 0) is 49.2 Å². The second kappa shape index (κ2) is 25.6. The summed E-state index contributed by atoms with van der Waals surface area (Å²) in [7, 11) is 1.57. The molecule has 0 spiro atoms. The first-order chi connectivity index (χ1) is 27.9. The lowest BCUT2D eigenvalue weighted by molar-refractivity contribution is -0.140. The number of ether oxygens (including phenoxy) is 2. The molecule has 12 heteroatoms. The Labute approximate surface area is 343 Å². The topological polar surface area (TPSA) is 136 Å². The second-order valence-corrected chi connectivity index (χ2v) is 15.5. The molecule has 0 saturated heterocycles. The number of fused-ring (bicyclic) bond motifs is 1. The lowest BCUT2D eigenvalue weighted by Crippen LogP contribution is -2.36. The highest BCUT2D eigenvalue weighted by molar-refractivity contribution is 7.99. The number of aromatic nitrogens is 3. The number of benzene rings is 3. The summed E-state index contributed by atoms with van der Waals surface area (Å²) in [5.41, 5.74) is 1.25. The number of nitrogens with one attached hydrogen (secondary N) is 1. The number of methoxy groups -OCH3 is 1. The van der Waals surface area contributed by atoms with Crippen LogP contribution < -0.4 is 15.0 Å². The summed E-state index contributed by atoms with van der Waals surface area (Å²) in [5, 5.41) is 20.0. The van der Waals surface area contributed by atoms with Crippen LogP contribution in [0.3, 0.4) is 0 Å². The number of esters is 1. The number of phenolic OH excluding ortho intramolecular Hbond substituents is 1. The number of unbranched alkanes of at least 4 members (excludes halogenated alkanes) is 16. The summed E-state index contributed by atoms with van der Waals surface area (Å²) >= 11 is 1.13. The number of aromatic hydroxyl groups is 1. The normalized spacial score (nSPS) is 11.1. The molecule has 0 bridgehead atoms. The SMILES string of the molecule is CCCCCCCCCCCCCCN(C(=O)n1cnc(SCC(=O)OCCCCCCCC)n1)c1cccc2c(O)c(C(=O)Nc3ccc(OC)cc3)ccc12. The van der Waals surface area contributed by atoms with E-state index in [1.165, 1.54) is 81.6 Å². The Balaban J connectivity index is 1.42. The van der Waals surface area contributed by atoms with Crippen LogP contribution in [0.15, 0.2) is 66.1 Å². The minimum atomic E-state index is -0.465. The van der Waals surface area contributed by atoms with Crippen molar-refractivity contribution >= 4 is 51.8 Å². The van der Waals surface area contributed by atoms with Crippen molar-refractivity contribution in [3.05, 3.63) is 66.5 Å². The molecule has 2 amide bonds. The van der Waals surface area contributed by atoms with Crippen LogP contribution >= 0.6 is 11.8 Å². The minimum Gasteiger partial charge on any atom is -0.506 e. The van der Waals surface area contributed by atoms with E-state index in [9.17, 15) is 19.5 Å². The number of hydrogen-bond donors (Lipinski definition) is 2. The maximum Gasteiger partial charge on any atom is 0.350 e. The smallest absolute Gasteiger partial charge is 0.350 e. The van der Waals surface area contributed by atoms with E-state index in [4.69, 9.17) is 9.47 Å². The molecule has 1 aromatic heterocycles. The van der Waals surface area contributed by atoms with Crippen molar-refractivity contribution in [2.45, 2.75) is 135 Å². The molecule has 310 valence electrons. The number of rotatable bonds is 27. The molecular weight excluding hydrogens is 739 g/mol. The summed E-state index contributed by atoms with van der Waals surface area (Å²) in [6.45, 7) is 5.25. The largest absolute Gasteiger partial charge is 0.506 e. The molecule has 4 rings (SSSR count). The fraction of sp³-hybridized carbons (Fsp3) is 0.533. The first kappa shape index (κ1) is 45.1. The number of phenols is 1. The minimum absolute atomic E-state index is 0.0492. The predicted molar refractivity (Wildman–Crippen MR) is 231 cm³/mol. The van der Waals surface area contributed by atoms with Crippen molar-refractivity contribution < 1.29 is 29.0 Å². The molecule has 0 aliphatic rings. The highest BCUT2D eigenvalue weighted by Crippen LogP contribution is 2.36. The Bertz CT molecular complexity index is 1810. The van der Waals surface area contributed by atoms with Gasteiger partial charge in [0.05, 0.1) is 30.7 Å². The van der Waals surface area contributed by atoms with Gasteiger partial charge in [-0.3, -0.25) is 14.5 Å². The van der Waals surface area contributed by atoms with E-state index in [1.54, 1.807) is 60.5 Å². The van der Waals surface area contributed by atoms with E-state index in [0.717, 1.165) is 56.7 Å². The van der Waals surface area contributed by atoms with Gasteiger partial charge in [0.25, 0.3) is 5.91 Å². The van der Waals surface area contributed by atoms with E-state index in [2.05, 4.69) is 29.2 Å². The maximum absolute atomic E-state index is 14.2. The van der Waals surface area contributed by atoms with Crippen LogP contribution in [-0.4, -0.2) is 63.8 Å². The first-order valence-electron chi connectivity index (χ1n) is 21.1. The summed E-state index contributed by atoms with van der Waals surface area (Å²) in [5.74, 6) is -0.267. The number of carbonyl (C=O) groups excluding carboxylic acids is 3. The number of carbonyl (C=O) groups is 3. The van der Waals surface area contributed by atoms with Gasteiger partial charge in [0.2, 0.25) is 5.16 Å². The predicted octanol–water partition coefficient (Wildman–Crippen LogP) is 11.6. The first-order valence-corrected chi connectivity index (χ1v) is 22.1. The summed E-state index contributed by atoms with van der Waals surface area (Å²) < 4.78 is 11.8. The van der Waals surface area contributed by atoms with E-state index < -0.39 is 11.9 Å². The molecule has 1 heterocycles. The zero-order valence-electron chi connectivity index (χ0n) is 34.3. The Morgan fingerprint density at radius 2 is 1.37 bits per heavy atom. The van der Waals surface area contributed by atoms with E-state index >= 15 is 0 Å². The third-order valence-corrected chi connectivity index (χ3v) is 10.9. The van der Waals surface area contributed by atoms with E-state index in [-0.39, 0.29) is 23.0 Å². The van der Waals surface area contributed by atoms with Crippen molar-refractivity contribution in [2.24, 2.45) is 0 Å². The number of nitrogens with zero attached hydrogens (tertiary/aromatic N) is 4. The zero-order chi connectivity index (χ0) is 40.7. The zero-order valence-corrected chi connectivity index (χ0v) is 35.1. The Kier molecular flexibility index (Phi) is 20.3. The molecule has 57 heavy (non-hydrogen) atoms. The average Bonchev–Trinajstić information content (AvgIpc) is 3.71. The molecule has 2 N–H and O–H groups in total. The maximum atomic E-state index is 14.2. The Hall–Kier alpha value is -4.58. The third-order valence-electron chi connectivity index (χ3n) is 10.1. The molecule has 3 aromatic carbocycles. The van der Waals surface area contributed by atoms with Crippen molar-refractivity contribution in [1.29, 1.82) is 0 Å². The lowest BCUT2D eigenvalue weighted by atomic mass is 10.0. The van der Waals surface area contributed by atoms with Crippen LogP contribution in [0.5, 0.6) is 11.5 Å². The highest BCUT2D eigenvalue weighted by atomic mass is 32.2. The van der Waals surface area contributed by atoms with Crippen LogP contribution in [0, 0.1) is 0 Å². The van der Waals surface area contributed by atoms with Gasteiger partial charge in [-0.15, -0.1) is 5.10 Å². The molecular formula is C45H63N5O6S. The molecule has 0 unspecified atom stereocenters. The number of hydrogen-bond acceptors (Lipinski definition) is 9. The van der Waals surface area contributed by atoms with Gasteiger partial charge < -0.3 is 19.9 Å². The van der Waals surface area contributed by atoms with Gasteiger partial charge in [0, 0.05) is 23.0 Å². The van der Waals surface area contributed by atoms with Crippen molar-refractivity contribution in [2.75, 3.05) is 36.2 Å². The molecule has 4 aromatic rings. The number of amides is 2. The number of anilines is 2. The van der Waals surface area contributed by atoms with Gasteiger partial charge in [-0.1, -0.05) is 147 Å². The van der Waals surface area contributed by atoms with Gasteiger partial charge in [0.15, 0.2) is 0 Å². The Morgan fingerprint density at radius 1 is 0.754 bits per heavy atom. The summed E-state index contributed by atoms with van der Waals surface area (Å²) in [6.07, 6.45) is 22.4. The van der Waals surface area contributed by atoms with Crippen LogP contribution in [0.25, 0.3) is 10.8 Å². The van der Waals surface area contributed by atoms with Crippen LogP contribution in [0.4, 0.5) is 16.2 Å². The Morgan fingerprint density at radius 3 is 2.00 bits per heavy atom. The van der Waals surface area contributed by atoms with Crippen LogP contribution in [-0.2, 0) is 9.53 Å². The van der Waals surface area contributed by atoms with Gasteiger partial charge in [-0.2, -0.15) is 4.68 Å². The fourth-order valence-electron chi connectivity index (χ4n) is 6.81. The van der Waals surface area contributed by atoms with Crippen molar-refractivity contribution in [3.8, 4) is 11.5 Å². The summed E-state index contributed by atoms with van der Waals surface area (Å²) in [4.78, 5) is 45.8. The van der Waals surface area contributed by atoms with Gasteiger partial charge >= 0.3 is 12.0 Å².